The monoisotopic (exact) mass is 823 g/mol. The first-order valence-electron chi connectivity index (χ1n) is 20.7. The van der Waals surface area contributed by atoms with Crippen LogP contribution in [0.3, 0.4) is 0 Å². The van der Waals surface area contributed by atoms with Gasteiger partial charge in [-0.15, -0.1) is 0 Å². The van der Waals surface area contributed by atoms with Crippen LogP contribution in [0.25, 0.3) is 0 Å². The van der Waals surface area contributed by atoms with Gasteiger partial charge in [0.25, 0.3) is 0 Å². The topological polar surface area (TPSA) is 156 Å². The maximum absolute atomic E-state index is 14.2. The van der Waals surface area contributed by atoms with Crippen molar-refractivity contribution in [2.45, 2.75) is 147 Å². The number of esters is 1. The summed E-state index contributed by atoms with van der Waals surface area (Å²) in [5, 5.41) is 9.16. The molecule has 13 nitrogen and oxygen atoms in total. The summed E-state index contributed by atoms with van der Waals surface area (Å²) >= 11 is 0. The van der Waals surface area contributed by atoms with E-state index < -0.39 is 66.4 Å². The summed E-state index contributed by atoms with van der Waals surface area (Å²) in [6.45, 7) is 11.3. The summed E-state index contributed by atoms with van der Waals surface area (Å²) in [4.78, 5) is 70.8. The van der Waals surface area contributed by atoms with Gasteiger partial charge in [0.05, 0.1) is 48.7 Å². The number of likely N-dealkylation sites (tertiary alicyclic amines) is 1. The van der Waals surface area contributed by atoms with Crippen molar-refractivity contribution in [2.75, 3.05) is 27.8 Å². The number of ether oxygens (including phenoxy) is 3. The van der Waals surface area contributed by atoms with Gasteiger partial charge >= 0.3 is 12.1 Å². The van der Waals surface area contributed by atoms with Crippen molar-refractivity contribution in [1.29, 1.82) is 0 Å². The van der Waals surface area contributed by atoms with Gasteiger partial charge in [-0.25, -0.2) is 4.79 Å². The number of amides is 4. The number of nitrogens with zero attached hydrogens (tertiary/aromatic N) is 2. The molecule has 1 aliphatic carbocycles. The molecule has 0 spiro atoms. The first-order chi connectivity index (χ1) is 27.3. The van der Waals surface area contributed by atoms with Gasteiger partial charge in [-0.2, -0.15) is 13.2 Å². The molecule has 16 heteroatoms. The van der Waals surface area contributed by atoms with Gasteiger partial charge in [0.15, 0.2) is 0 Å². The van der Waals surface area contributed by atoms with Gasteiger partial charge < -0.3 is 40.0 Å². The second-order valence-corrected chi connectivity index (χ2v) is 16.8. The lowest BCUT2D eigenvalue weighted by Crippen LogP contribution is -2.60. The van der Waals surface area contributed by atoms with E-state index in [1.807, 2.05) is 27.7 Å². The zero-order chi connectivity index (χ0) is 43.1. The fourth-order valence-corrected chi connectivity index (χ4v) is 9.15. The van der Waals surface area contributed by atoms with Crippen LogP contribution in [0.4, 0.5) is 13.2 Å². The summed E-state index contributed by atoms with van der Waals surface area (Å²) in [5.74, 6) is -4.49. The average molecular weight is 824 g/mol. The molecule has 0 radical (unpaired) electrons. The molecule has 4 unspecified atom stereocenters. The highest BCUT2D eigenvalue weighted by atomic mass is 19.4. The SMILES string of the molecule is CC[C@H](C)[C@@H]([C@@H](CC(=O)N1CCCC1[C@H](OC)[C@@H](C)C(=O)NC(C)C(OC(=O)C(F)(F)F)c1ccccc1)OC)N(C)C(=O)C(NC(=O)[C@H]1N[C@@H]2CC[C@H]1C2)C(C)C. The van der Waals surface area contributed by atoms with Crippen LogP contribution in [0.1, 0.15) is 98.2 Å². The number of piperidine rings is 1. The third-order valence-electron chi connectivity index (χ3n) is 12.5. The van der Waals surface area contributed by atoms with E-state index >= 15 is 0 Å². The Hall–Kier alpha value is -3.76. The molecular formula is C42H64F3N5O8. The van der Waals surface area contributed by atoms with Crippen molar-refractivity contribution < 1.29 is 51.4 Å². The number of halogens is 3. The molecule has 1 aromatic carbocycles. The number of fused-ring (bicyclic) bond motifs is 2. The number of methoxy groups -OCH3 is 2. The Morgan fingerprint density at radius 1 is 0.966 bits per heavy atom. The first-order valence-corrected chi connectivity index (χ1v) is 20.7. The lowest BCUT2D eigenvalue weighted by atomic mass is 9.89. The van der Waals surface area contributed by atoms with Gasteiger partial charge in [-0.05, 0) is 62.3 Å². The Morgan fingerprint density at radius 2 is 1.64 bits per heavy atom. The van der Waals surface area contributed by atoms with Crippen LogP contribution < -0.4 is 16.0 Å². The Balaban J connectivity index is 1.46. The van der Waals surface area contributed by atoms with Gasteiger partial charge in [0.1, 0.15) is 12.1 Å². The summed E-state index contributed by atoms with van der Waals surface area (Å²) < 4.78 is 56.3. The van der Waals surface area contributed by atoms with E-state index in [0.29, 0.717) is 31.8 Å². The minimum Gasteiger partial charge on any atom is -0.449 e. The number of carbonyl (C=O) groups is 5. The summed E-state index contributed by atoms with van der Waals surface area (Å²) in [5.41, 5.74) is 0.268. The molecular weight excluding hydrogens is 759 g/mol. The largest absolute Gasteiger partial charge is 0.490 e. The molecule has 4 rings (SSSR count). The van der Waals surface area contributed by atoms with E-state index in [0.717, 1.165) is 19.3 Å². The molecule has 2 aliphatic heterocycles. The molecule has 3 aliphatic rings. The number of nitrogens with one attached hydrogen (secondary N) is 3. The van der Waals surface area contributed by atoms with Gasteiger partial charge in [0, 0.05) is 33.9 Å². The van der Waals surface area contributed by atoms with Crippen molar-refractivity contribution >= 4 is 29.6 Å². The second kappa shape index (κ2) is 20.5. The van der Waals surface area contributed by atoms with E-state index in [2.05, 4.69) is 16.0 Å². The number of benzene rings is 1. The van der Waals surface area contributed by atoms with Crippen molar-refractivity contribution in [2.24, 2.45) is 23.7 Å². The maximum atomic E-state index is 14.2. The lowest BCUT2D eigenvalue weighted by molar-refractivity contribution is -0.206. The molecule has 3 fully saturated rings. The quantitative estimate of drug-likeness (QED) is 0.171. The average Bonchev–Trinajstić information content (AvgIpc) is 3.97. The zero-order valence-corrected chi connectivity index (χ0v) is 35.3. The maximum Gasteiger partial charge on any atom is 0.490 e. The summed E-state index contributed by atoms with van der Waals surface area (Å²) in [7, 11) is 4.64. The molecule has 0 aromatic heterocycles. The molecule has 326 valence electrons. The van der Waals surface area contributed by atoms with Crippen LogP contribution in [0.2, 0.25) is 0 Å². The number of hydrogen-bond donors (Lipinski definition) is 3. The predicted molar refractivity (Wildman–Crippen MR) is 210 cm³/mol. The number of hydrogen-bond acceptors (Lipinski definition) is 9. The van der Waals surface area contributed by atoms with E-state index in [4.69, 9.17) is 14.2 Å². The van der Waals surface area contributed by atoms with E-state index in [1.165, 1.54) is 33.3 Å². The summed E-state index contributed by atoms with van der Waals surface area (Å²) in [6.07, 6.45) is -3.34. The number of likely N-dealkylation sites (N-methyl/N-ethyl adjacent to an activating group) is 1. The third kappa shape index (κ3) is 11.1. The molecule has 2 saturated heterocycles. The minimum absolute atomic E-state index is 0.0647. The lowest BCUT2D eigenvalue weighted by Gasteiger charge is -2.41. The van der Waals surface area contributed by atoms with Crippen LogP contribution in [-0.4, -0.2) is 122 Å². The highest BCUT2D eigenvalue weighted by Gasteiger charge is 2.47. The Bertz CT molecular complexity index is 1570. The van der Waals surface area contributed by atoms with Gasteiger partial charge in [-0.1, -0.05) is 71.4 Å². The molecule has 2 bridgehead atoms. The van der Waals surface area contributed by atoms with Crippen molar-refractivity contribution in [1.82, 2.24) is 25.8 Å². The number of rotatable bonds is 19. The molecule has 3 N–H and O–H groups in total. The van der Waals surface area contributed by atoms with Crippen molar-refractivity contribution in [3.63, 3.8) is 0 Å². The highest BCUT2D eigenvalue weighted by Crippen LogP contribution is 2.36. The molecule has 4 amide bonds. The molecule has 12 atom stereocenters. The van der Waals surface area contributed by atoms with Crippen LogP contribution in [-0.2, 0) is 38.2 Å². The molecule has 2 heterocycles. The Labute approximate surface area is 340 Å². The third-order valence-corrected chi connectivity index (χ3v) is 12.5. The fraction of sp³-hybridized carbons (Fsp3) is 0.738. The summed E-state index contributed by atoms with van der Waals surface area (Å²) in [6, 6.07) is 5.00. The van der Waals surface area contributed by atoms with Crippen LogP contribution in [0, 0.1) is 23.7 Å². The predicted octanol–water partition coefficient (Wildman–Crippen LogP) is 4.54. The van der Waals surface area contributed by atoms with Crippen LogP contribution >= 0.6 is 0 Å². The Morgan fingerprint density at radius 3 is 2.17 bits per heavy atom. The molecule has 58 heavy (non-hydrogen) atoms. The highest BCUT2D eigenvalue weighted by molar-refractivity contribution is 5.90. The number of alkyl halides is 3. The van der Waals surface area contributed by atoms with E-state index in [-0.39, 0.29) is 53.5 Å². The number of carbonyl (C=O) groups excluding carboxylic acids is 5. The smallest absolute Gasteiger partial charge is 0.449 e. The second-order valence-electron chi connectivity index (χ2n) is 16.8. The minimum atomic E-state index is -5.23. The Kier molecular flexibility index (Phi) is 16.6. The van der Waals surface area contributed by atoms with Crippen LogP contribution in [0.5, 0.6) is 0 Å². The van der Waals surface area contributed by atoms with E-state index in [9.17, 15) is 37.1 Å². The van der Waals surface area contributed by atoms with E-state index in [1.54, 1.807) is 42.0 Å². The zero-order valence-electron chi connectivity index (χ0n) is 35.3. The van der Waals surface area contributed by atoms with Gasteiger partial charge in [0.2, 0.25) is 23.6 Å². The van der Waals surface area contributed by atoms with Crippen molar-refractivity contribution in [3.8, 4) is 0 Å². The standard InChI is InChI=1S/C42H64F3N5O8/c1-10-24(4)35(49(7)40(54)33(23(2)3)48-39(53)34-28-18-19-29(21-28)47-34)31(56-8)22-32(51)50-20-14-17-30(50)36(57-9)25(5)38(52)46-26(6)37(27-15-12-11-13-16-27)58-41(55)42(43,44)45/h11-13,15-16,23-26,28-31,33-37,47H,10,14,17-22H2,1-9H3,(H,46,52)(H,48,53)/t24-,25+,26?,28-,29+,30?,31+,33?,34-,35-,36+,37?/m0/s1. The fourth-order valence-electron chi connectivity index (χ4n) is 9.15. The van der Waals surface area contributed by atoms with Crippen LogP contribution in [0.15, 0.2) is 30.3 Å². The normalized spacial score (nSPS) is 24.6. The molecule has 1 saturated carbocycles. The first kappa shape index (κ1) is 46.9. The van der Waals surface area contributed by atoms with Gasteiger partial charge in [-0.3, -0.25) is 19.2 Å². The van der Waals surface area contributed by atoms with Crippen molar-refractivity contribution in [3.05, 3.63) is 35.9 Å². The molecule has 1 aromatic rings.